The van der Waals surface area contributed by atoms with E-state index in [0.29, 0.717) is 25.1 Å². The lowest BCUT2D eigenvalue weighted by molar-refractivity contribution is -0.139. The lowest BCUT2D eigenvalue weighted by Gasteiger charge is -2.06. The number of carbonyl (C=O) groups is 2. The van der Waals surface area contributed by atoms with Crippen molar-refractivity contribution >= 4 is 40.6 Å². The molecule has 0 fully saturated rings. The van der Waals surface area contributed by atoms with E-state index in [1.807, 2.05) is 0 Å². The van der Waals surface area contributed by atoms with Crippen LogP contribution in [0.5, 0.6) is 0 Å². The van der Waals surface area contributed by atoms with E-state index in [4.69, 9.17) is 37.4 Å². The van der Waals surface area contributed by atoms with Crippen LogP contribution in [0.15, 0.2) is 0 Å². The molecule has 0 saturated carbocycles. The first-order valence-electron chi connectivity index (χ1n) is 7.54. The van der Waals surface area contributed by atoms with E-state index in [-0.39, 0.29) is 18.3 Å². The SMILES string of the molecule is CN[C@H](CS)C(=O)O.N=C(N)NCCCC(N)C(=O)O.NCCS(=O)(=O)O. The minimum atomic E-state index is -3.80. The van der Waals surface area contributed by atoms with Gasteiger partial charge < -0.3 is 38.0 Å². The Kier molecular flexibility index (Phi) is 19.8. The van der Waals surface area contributed by atoms with E-state index >= 15 is 0 Å². The predicted molar refractivity (Wildman–Crippen MR) is 105 cm³/mol. The highest BCUT2D eigenvalue weighted by atomic mass is 32.2. The van der Waals surface area contributed by atoms with Gasteiger partial charge in [-0.25, -0.2) is 0 Å². The number of thiol groups is 1. The van der Waals surface area contributed by atoms with Gasteiger partial charge in [0.25, 0.3) is 10.1 Å². The zero-order valence-electron chi connectivity index (χ0n) is 15.0. The second-order valence-electron chi connectivity index (χ2n) is 4.86. The monoisotopic (exact) mass is 434 g/mol. The topological polar surface area (TPSA) is 255 Å². The third-order valence-electron chi connectivity index (χ3n) is 2.53. The van der Waals surface area contributed by atoms with Crippen molar-refractivity contribution in [3.63, 3.8) is 0 Å². The molecule has 0 aromatic rings. The smallest absolute Gasteiger partial charge is 0.321 e. The van der Waals surface area contributed by atoms with E-state index in [1.165, 1.54) is 0 Å². The van der Waals surface area contributed by atoms with Crippen LogP contribution in [0.2, 0.25) is 0 Å². The number of aliphatic carboxylic acids is 2. The van der Waals surface area contributed by atoms with Crippen LogP contribution in [0.4, 0.5) is 0 Å². The standard InChI is InChI=1S/C6H14N4O2.C4H9NO2S.C2H7NO3S/c7-4(5(11)12)2-1-3-10-6(8)9;1-5-3(2-8)4(6)7;3-1-2-7(4,5)6/h4H,1-3,7H2,(H,11,12)(H4,8,9,10);3,5,8H,2H2,1H3,(H,6,7);1-3H2,(H,4,5,6)/t;3-;/m.1./s1. The first-order valence-corrected chi connectivity index (χ1v) is 9.78. The van der Waals surface area contributed by atoms with Crippen LogP contribution in [0.25, 0.3) is 0 Å². The van der Waals surface area contributed by atoms with Crippen LogP contribution in [-0.2, 0) is 19.7 Å². The van der Waals surface area contributed by atoms with E-state index in [0.717, 1.165) is 0 Å². The van der Waals surface area contributed by atoms with Gasteiger partial charge in [0.15, 0.2) is 5.96 Å². The van der Waals surface area contributed by atoms with Gasteiger partial charge in [-0.2, -0.15) is 21.0 Å². The fourth-order valence-electron chi connectivity index (χ4n) is 1.11. The van der Waals surface area contributed by atoms with Gasteiger partial charge in [0.1, 0.15) is 12.1 Å². The van der Waals surface area contributed by atoms with Crippen LogP contribution in [0, 0.1) is 5.41 Å². The molecule has 0 rings (SSSR count). The van der Waals surface area contributed by atoms with Crippen LogP contribution in [0.1, 0.15) is 12.8 Å². The highest BCUT2D eigenvalue weighted by molar-refractivity contribution is 7.85. The molecule has 15 heteroatoms. The molecule has 162 valence electrons. The highest BCUT2D eigenvalue weighted by Gasteiger charge is 2.10. The number of rotatable bonds is 10. The normalized spacial score (nSPS) is 12.3. The second kappa shape index (κ2) is 17.7. The summed E-state index contributed by atoms with van der Waals surface area (Å²) >= 11 is 3.79. The molecule has 0 saturated heterocycles. The van der Waals surface area contributed by atoms with Crippen molar-refractivity contribution in [3.8, 4) is 0 Å². The molecule has 0 amide bonds. The molecule has 0 aliphatic carbocycles. The first kappa shape index (κ1) is 30.1. The Morgan fingerprint density at radius 1 is 1.26 bits per heavy atom. The van der Waals surface area contributed by atoms with Crippen molar-refractivity contribution in [1.29, 1.82) is 5.41 Å². The van der Waals surface area contributed by atoms with Crippen LogP contribution < -0.4 is 27.8 Å². The Hall–Kier alpha value is -1.65. The molecule has 0 aliphatic rings. The summed E-state index contributed by atoms with van der Waals surface area (Å²) in [5.41, 5.74) is 15.0. The van der Waals surface area contributed by atoms with Crippen molar-refractivity contribution in [2.75, 3.05) is 31.6 Å². The van der Waals surface area contributed by atoms with Gasteiger partial charge >= 0.3 is 11.9 Å². The van der Waals surface area contributed by atoms with Gasteiger partial charge in [-0.05, 0) is 19.9 Å². The molecule has 0 heterocycles. The minimum Gasteiger partial charge on any atom is -0.480 e. The van der Waals surface area contributed by atoms with Gasteiger partial charge in [0.2, 0.25) is 0 Å². The molecule has 2 atom stereocenters. The van der Waals surface area contributed by atoms with Gasteiger partial charge in [0.05, 0.1) is 5.75 Å². The van der Waals surface area contributed by atoms with Crippen molar-refractivity contribution in [2.24, 2.45) is 17.2 Å². The van der Waals surface area contributed by atoms with Crippen LogP contribution in [0.3, 0.4) is 0 Å². The van der Waals surface area contributed by atoms with Crippen molar-refractivity contribution in [2.45, 2.75) is 24.9 Å². The van der Waals surface area contributed by atoms with E-state index < -0.39 is 34.1 Å². The highest BCUT2D eigenvalue weighted by Crippen LogP contribution is 1.92. The molecule has 0 bridgehead atoms. The maximum Gasteiger partial charge on any atom is 0.321 e. The average molecular weight is 435 g/mol. The van der Waals surface area contributed by atoms with E-state index in [2.05, 4.69) is 23.3 Å². The summed E-state index contributed by atoms with van der Waals surface area (Å²) in [6, 6.07) is -1.34. The fraction of sp³-hybridized carbons (Fsp3) is 0.750. The molecular weight excluding hydrogens is 404 g/mol. The first-order chi connectivity index (χ1) is 12.3. The van der Waals surface area contributed by atoms with Crippen LogP contribution >= 0.6 is 12.6 Å². The maximum atomic E-state index is 10.2. The molecule has 27 heavy (non-hydrogen) atoms. The zero-order valence-corrected chi connectivity index (χ0v) is 16.7. The second-order valence-corrected chi connectivity index (χ2v) is 6.80. The number of likely N-dealkylation sites (N-methyl/N-ethyl adjacent to an activating group) is 1. The summed E-state index contributed by atoms with van der Waals surface area (Å²) in [7, 11) is -2.21. The number of guanidine groups is 1. The zero-order chi connectivity index (χ0) is 22.0. The molecular formula is C12H30N6O7S2. The Bertz CT molecular complexity index is 528. The number of nitrogens with two attached hydrogens (primary N) is 3. The number of hydrogen-bond donors (Lipinski definition) is 10. The molecule has 1 unspecified atom stereocenters. The predicted octanol–water partition coefficient (Wildman–Crippen LogP) is -2.92. The van der Waals surface area contributed by atoms with E-state index in [9.17, 15) is 18.0 Å². The summed E-state index contributed by atoms with van der Waals surface area (Å²) in [5, 5.41) is 28.6. The Morgan fingerprint density at radius 2 is 1.78 bits per heavy atom. The number of carboxylic acid groups (broad SMARTS) is 2. The summed E-state index contributed by atoms with van der Waals surface area (Å²) in [5.74, 6) is -2.00. The lowest BCUT2D eigenvalue weighted by atomic mass is 10.2. The number of carboxylic acids is 2. The summed E-state index contributed by atoms with van der Waals surface area (Å²) in [4.78, 5) is 20.3. The molecule has 0 radical (unpaired) electrons. The summed E-state index contributed by atoms with van der Waals surface area (Å²) < 4.78 is 27.3. The van der Waals surface area contributed by atoms with Crippen molar-refractivity contribution in [3.05, 3.63) is 0 Å². The maximum absolute atomic E-state index is 10.2. The Balaban J connectivity index is -0.000000336. The fourth-order valence-corrected chi connectivity index (χ4v) is 1.75. The minimum absolute atomic E-state index is 0.0289. The van der Waals surface area contributed by atoms with Crippen LogP contribution in [-0.4, -0.2) is 84.8 Å². The van der Waals surface area contributed by atoms with Gasteiger partial charge in [-0.3, -0.25) is 19.6 Å². The summed E-state index contributed by atoms with van der Waals surface area (Å²) in [6.07, 6.45) is 0.975. The quantitative estimate of drug-likeness (QED) is 0.0545. The third kappa shape index (κ3) is 26.7. The third-order valence-corrected chi connectivity index (χ3v) is 3.65. The van der Waals surface area contributed by atoms with E-state index in [1.54, 1.807) is 7.05 Å². The van der Waals surface area contributed by atoms with Crippen molar-refractivity contribution in [1.82, 2.24) is 10.6 Å². The van der Waals surface area contributed by atoms with Gasteiger partial charge in [-0.15, -0.1) is 0 Å². The molecule has 0 aromatic carbocycles. The number of hydrogen-bond acceptors (Lipinski definition) is 9. The Morgan fingerprint density at radius 3 is 1.96 bits per heavy atom. The largest absolute Gasteiger partial charge is 0.480 e. The van der Waals surface area contributed by atoms with Crippen molar-refractivity contribution < 1.29 is 32.8 Å². The molecule has 12 N–H and O–H groups in total. The summed E-state index contributed by atoms with van der Waals surface area (Å²) in [6.45, 7) is 0.454. The average Bonchev–Trinajstić information content (AvgIpc) is 2.52. The molecule has 0 aromatic heterocycles. The van der Waals surface area contributed by atoms with Gasteiger partial charge in [-0.1, -0.05) is 0 Å². The number of nitrogens with one attached hydrogen (secondary N) is 3. The molecule has 0 spiro atoms. The lowest BCUT2D eigenvalue weighted by Crippen LogP contribution is -2.35. The molecule has 13 nitrogen and oxygen atoms in total. The van der Waals surface area contributed by atoms with Gasteiger partial charge in [0, 0.05) is 18.8 Å². The Labute approximate surface area is 163 Å². The molecule has 0 aliphatic heterocycles.